The van der Waals surface area contributed by atoms with Crippen LogP contribution < -0.4 is 0 Å². The molecule has 0 amide bonds. The smallest absolute Gasteiger partial charge is 0.174 e. The molecule has 18 heavy (non-hydrogen) atoms. The highest BCUT2D eigenvalue weighted by Crippen LogP contribution is 2.15. The lowest BCUT2D eigenvalue weighted by Crippen LogP contribution is -2.44. The Morgan fingerprint density at radius 1 is 1.28 bits per heavy atom. The normalized spacial score (nSPS) is 18.6. The van der Waals surface area contributed by atoms with Crippen LogP contribution in [0.15, 0.2) is 18.3 Å². The minimum Gasteiger partial charge on any atom is -0.304 e. The zero-order chi connectivity index (χ0) is 12.5. The highest BCUT2D eigenvalue weighted by molar-refractivity contribution is 6.33. The Morgan fingerprint density at radius 2 is 2.06 bits per heavy atom. The van der Waals surface area contributed by atoms with Gasteiger partial charge in [0.2, 0.25) is 0 Å². The van der Waals surface area contributed by atoms with E-state index in [1.54, 1.807) is 4.52 Å². The van der Waals surface area contributed by atoms with E-state index >= 15 is 0 Å². The molecule has 0 aliphatic carbocycles. The van der Waals surface area contributed by atoms with Crippen molar-refractivity contribution in [1.82, 2.24) is 24.4 Å². The van der Waals surface area contributed by atoms with Gasteiger partial charge < -0.3 is 4.90 Å². The van der Waals surface area contributed by atoms with Crippen LogP contribution in [0.2, 0.25) is 5.02 Å². The third kappa shape index (κ3) is 2.34. The quantitative estimate of drug-likeness (QED) is 0.816. The minimum absolute atomic E-state index is 0.648. The predicted octanol–water partition coefficient (Wildman–Crippen LogP) is 1.13. The van der Waals surface area contributed by atoms with Gasteiger partial charge >= 0.3 is 0 Å². The van der Waals surface area contributed by atoms with E-state index in [4.69, 9.17) is 11.6 Å². The number of pyridine rings is 1. The molecule has 0 spiro atoms. The molecule has 2 aromatic rings. The Bertz CT molecular complexity index is 544. The van der Waals surface area contributed by atoms with Crippen LogP contribution in [0, 0.1) is 0 Å². The van der Waals surface area contributed by atoms with Crippen LogP contribution in [0.4, 0.5) is 0 Å². The maximum absolute atomic E-state index is 6.09. The molecular formula is C12H16ClN5. The second-order valence-electron chi connectivity index (χ2n) is 4.73. The third-order valence-corrected chi connectivity index (χ3v) is 3.61. The van der Waals surface area contributed by atoms with Crippen LogP contribution in [0.5, 0.6) is 0 Å². The van der Waals surface area contributed by atoms with Gasteiger partial charge in [0.15, 0.2) is 11.5 Å². The second kappa shape index (κ2) is 4.84. The van der Waals surface area contributed by atoms with Gasteiger partial charge in [0.25, 0.3) is 0 Å². The first kappa shape index (κ1) is 11.9. The predicted molar refractivity (Wildman–Crippen MR) is 70.8 cm³/mol. The molecule has 0 N–H and O–H groups in total. The number of halogens is 1. The summed E-state index contributed by atoms with van der Waals surface area (Å²) in [5.74, 6) is 0.840. The third-order valence-electron chi connectivity index (χ3n) is 3.32. The molecule has 1 saturated heterocycles. The summed E-state index contributed by atoms with van der Waals surface area (Å²) in [4.78, 5) is 9.21. The van der Waals surface area contributed by atoms with E-state index in [0.29, 0.717) is 5.02 Å². The number of fused-ring (bicyclic) bond motifs is 1. The first-order valence-electron chi connectivity index (χ1n) is 6.13. The molecule has 0 radical (unpaired) electrons. The van der Waals surface area contributed by atoms with Gasteiger partial charge in [-0.15, -0.1) is 5.10 Å². The Kier molecular flexibility index (Phi) is 3.20. The van der Waals surface area contributed by atoms with Gasteiger partial charge in [-0.2, -0.15) is 0 Å². The molecule has 0 unspecified atom stereocenters. The van der Waals surface area contributed by atoms with Crippen LogP contribution in [0.3, 0.4) is 0 Å². The molecule has 0 aromatic carbocycles. The minimum atomic E-state index is 0.648. The Morgan fingerprint density at radius 3 is 2.78 bits per heavy atom. The molecule has 1 fully saturated rings. The second-order valence-corrected chi connectivity index (χ2v) is 5.14. The van der Waals surface area contributed by atoms with E-state index in [0.717, 1.165) is 44.2 Å². The van der Waals surface area contributed by atoms with Crippen LogP contribution in [-0.4, -0.2) is 57.6 Å². The molecule has 1 aliphatic heterocycles. The SMILES string of the molecule is CN1CCN(Cc2nc3c(Cl)cccn3n2)CC1. The fraction of sp³-hybridized carbons (Fsp3) is 0.500. The van der Waals surface area contributed by atoms with Gasteiger partial charge in [0.05, 0.1) is 11.6 Å². The number of aromatic nitrogens is 3. The Hall–Kier alpha value is -1.17. The van der Waals surface area contributed by atoms with E-state index < -0.39 is 0 Å². The summed E-state index contributed by atoms with van der Waals surface area (Å²) in [6, 6.07) is 3.72. The molecular weight excluding hydrogens is 250 g/mol. The molecule has 3 heterocycles. The fourth-order valence-corrected chi connectivity index (χ4v) is 2.39. The van der Waals surface area contributed by atoms with Gasteiger partial charge in [-0.25, -0.2) is 9.50 Å². The van der Waals surface area contributed by atoms with Gasteiger partial charge in [0, 0.05) is 32.4 Å². The van der Waals surface area contributed by atoms with E-state index in [1.165, 1.54) is 0 Å². The van der Waals surface area contributed by atoms with E-state index in [9.17, 15) is 0 Å². The topological polar surface area (TPSA) is 36.7 Å². The van der Waals surface area contributed by atoms with Crippen molar-refractivity contribution in [1.29, 1.82) is 0 Å². The van der Waals surface area contributed by atoms with Crippen molar-refractivity contribution in [3.8, 4) is 0 Å². The summed E-state index contributed by atoms with van der Waals surface area (Å²) in [6.07, 6.45) is 1.88. The average molecular weight is 266 g/mol. The number of nitrogens with zero attached hydrogens (tertiary/aromatic N) is 5. The Balaban J connectivity index is 1.77. The van der Waals surface area contributed by atoms with E-state index in [1.807, 2.05) is 18.3 Å². The van der Waals surface area contributed by atoms with Gasteiger partial charge in [-0.1, -0.05) is 11.6 Å². The van der Waals surface area contributed by atoms with Crippen molar-refractivity contribution in [2.24, 2.45) is 0 Å². The van der Waals surface area contributed by atoms with Crippen molar-refractivity contribution >= 4 is 17.2 Å². The molecule has 0 atom stereocenters. The van der Waals surface area contributed by atoms with Crippen molar-refractivity contribution in [2.45, 2.75) is 6.54 Å². The van der Waals surface area contributed by atoms with Crippen molar-refractivity contribution in [3.05, 3.63) is 29.2 Å². The van der Waals surface area contributed by atoms with Gasteiger partial charge in [0.1, 0.15) is 0 Å². The zero-order valence-corrected chi connectivity index (χ0v) is 11.1. The van der Waals surface area contributed by atoms with Crippen LogP contribution in [0.1, 0.15) is 5.82 Å². The van der Waals surface area contributed by atoms with Crippen molar-refractivity contribution in [2.75, 3.05) is 33.2 Å². The number of hydrogen-bond donors (Lipinski definition) is 0. The summed E-state index contributed by atoms with van der Waals surface area (Å²) in [6.45, 7) is 5.15. The molecule has 3 rings (SSSR count). The van der Waals surface area contributed by atoms with Crippen LogP contribution in [0.25, 0.3) is 5.65 Å². The maximum Gasteiger partial charge on any atom is 0.174 e. The van der Waals surface area contributed by atoms with Crippen LogP contribution in [-0.2, 0) is 6.54 Å². The molecule has 5 nitrogen and oxygen atoms in total. The number of piperazine rings is 1. The summed E-state index contributed by atoms with van der Waals surface area (Å²) < 4.78 is 1.74. The molecule has 6 heteroatoms. The summed E-state index contributed by atoms with van der Waals surface area (Å²) >= 11 is 6.09. The number of likely N-dealkylation sites (N-methyl/N-ethyl adjacent to an activating group) is 1. The highest BCUT2D eigenvalue weighted by Gasteiger charge is 2.16. The molecule has 2 aromatic heterocycles. The van der Waals surface area contributed by atoms with E-state index in [-0.39, 0.29) is 0 Å². The largest absolute Gasteiger partial charge is 0.304 e. The highest BCUT2D eigenvalue weighted by atomic mass is 35.5. The van der Waals surface area contributed by atoms with Gasteiger partial charge in [-0.3, -0.25) is 4.90 Å². The number of rotatable bonds is 2. The number of hydrogen-bond acceptors (Lipinski definition) is 4. The van der Waals surface area contributed by atoms with Crippen molar-refractivity contribution < 1.29 is 0 Å². The first-order valence-corrected chi connectivity index (χ1v) is 6.51. The average Bonchev–Trinajstić information content (AvgIpc) is 2.76. The first-order chi connectivity index (χ1) is 8.72. The molecule has 0 saturated carbocycles. The molecule has 0 bridgehead atoms. The zero-order valence-electron chi connectivity index (χ0n) is 10.4. The van der Waals surface area contributed by atoms with E-state index in [2.05, 4.69) is 26.9 Å². The lowest BCUT2D eigenvalue weighted by molar-refractivity contribution is 0.145. The Labute approximate surface area is 111 Å². The fourth-order valence-electron chi connectivity index (χ4n) is 2.19. The summed E-state index contributed by atoms with van der Waals surface area (Å²) in [7, 11) is 2.15. The lowest BCUT2D eigenvalue weighted by atomic mass is 10.3. The lowest BCUT2D eigenvalue weighted by Gasteiger charge is -2.31. The molecule has 1 aliphatic rings. The van der Waals surface area contributed by atoms with Gasteiger partial charge in [-0.05, 0) is 19.2 Å². The van der Waals surface area contributed by atoms with Crippen molar-refractivity contribution in [3.63, 3.8) is 0 Å². The monoisotopic (exact) mass is 265 g/mol. The molecule has 96 valence electrons. The standard InChI is InChI=1S/C12H16ClN5/c1-16-5-7-17(8-6-16)9-11-14-12-10(13)3-2-4-18(12)15-11/h2-4H,5-9H2,1H3. The van der Waals surface area contributed by atoms with Crippen LogP contribution >= 0.6 is 11.6 Å². The maximum atomic E-state index is 6.09. The summed E-state index contributed by atoms with van der Waals surface area (Å²) in [5, 5.41) is 5.10. The summed E-state index contributed by atoms with van der Waals surface area (Å²) in [5.41, 5.74) is 0.739.